The Balaban J connectivity index is 0.00000300. The Bertz CT molecular complexity index is 946. The van der Waals surface area contributed by atoms with Crippen molar-refractivity contribution >= 4 is 41.5 Å². The summed E-state index contributed by atoms with van der Waals surface area (Å²) in [5.74, 6) is 2.61. The number of nitrogens with zero attached hydrogens (tertiary/aromatic N) is 6. The topological polar surface area (TPSA) is 63.3 Å². The van der Waals surface area contributed by atoms with Crippen LogP contribution >= 0.6 is 35.6 Å². The molecule has 0 atom stereocenters. The van der Waals surface area contributed by atoms with E-state index in [-0.39, 0.29) is 24.0 Å². The first-order chi connectivity index (χ1) is 13.5. The number of aliphatic imine (C=N–C) groups is 1. The summed E-state index contributed by atoms with van der Waals surface area (Å²) in [6.07, 6.45) is 7.44. The van der Waals surface area contributed by atoms with Gasteiger partial charge in [-0.1, -0.05) is 17.7 Å². The van der Waals surface area contributed by atoms with Crippen LogP contribution in [0, 0.1) is 6.92 Å². The van der Waals surface area contributed by atoms with E-state index in [1.54, 1.807) is 6.20 Å². The van der Waals surface area contributed by atoms with Crippen molar-refractivity contribution in [3.05, 3.63) is 65.1 Å². The smallest absolute Gasteiger partial charge is 0.194 e. The molecule has 0 amide bonds. The van der Waals surface area contributed by atoms with E-state index in [1.807, 2.05) is 66.9 Å². The van der Waals surface area contributed by atoms with Gasteiger partial charge in [0, 0.05) is 51.1 Å². The minimum absolute atomic E-state index is 0. The van der Waals surface area contributed by atoms with E-state index in [2.05, 4.69) is 27.1 Å². The van der Waals surface area contributed by atoms with E-state index in [0.29, 0.717) is 13.1 Å². The third-order valence-electron chi connectivity index (χ3n) is 4.46. The summed E-state index contributed by atoms with van der Waals surface area (Å²) >= 11 is 6.09. The lowest BCUT2D eigenvalue weighted by Gasteiger charge is -2.22. The zero-order valence-corrected chi connectivity index (χ0v) is 20.2. The van der Waals surface area contributed by atoms with Crippen LogP contribution in [0.4, 0.5) is 0 Å². The van der Waals surface area contributed by atoms with Crippen LogP contribution in [0.1, 0.15) is 24.0 Å². The molecule has 29 heavy (non-hydrogen) atoms. The van der Waals surface area contributed by atoms with Crippen LogP contribution in [0.5, 0.6) is 0 Å². The summed E-state index contributed by atoms with van der Waals surface area (Å²) in [6, 6.07) is 6.01. The van der Waals surface area contributed by atoms with Gasteiger partial charge in [-0.05, 0) is 31.5 Å². The summed E-state index contributed by atoms with van der Waals surface area (Å²) in [6.45, 7) is 6.09. The summed E-state index contributed by atoms with van der Waals surface area (Å²) < 4.78 is 3.99. The van der Waals surface area contributed by atoms with Crippen molar-refractivity contribution in [2.75, 3.05) is 13.6 Å². The molecule has 0 fully saturated rings. The first-order valence-corrected chi connectivity index (χ1v) is 9.61. The van der Waals surface area contributed by atoms with E-state index in [1.165, 1.54) is 0 Å². The van der Waals surface area contributed by atoms with Gasteiger partial charge in [0.25, 0.3) is 0 Å². The van der Waals surface area contributed by atoms with E-state index in [9.17, 15) is 0 Å². The Hall–Kier alpha value is -2.07. The van der Waals surface area contributed by atoms with Crippen LogP contribution in [0.15, 0.2) is 48.0 Å². The number of hydrogen-bond donors (Lipinski definition) is 1. The van der Waals surface area contributed by atoms with Gasteiger partial charge in [-0.15, -0.1) is 24.0 Å². The van der Waals surface area contributed by atoms with E-state index >= 15 is 0 Å². The van der Waals surface area contributed by atoms with E-state index in [0.717, 1.165) is 40.4 Å². The number of halogens is 2. The molecule has 7 nitrogen and oxygen atoms in total. The lowest BCUT2D eigenvalue weighted by Crippen LogP contribution is -2.38. The van der Waals surface area contributed by atoms with Gasteiger partial charge in [0.2, 0.25) is 0 Å². The lowest BCUT2D eigenvalue weighted by molar-refractivity contribution is 0.462. The van der Waals surface area contributed by atoms with Crippen molar-refractivity contribution in [1.82, 2.24) is 29.3 Å². The Morgan fingerprint density at radius 3 is 2.66 bits per heavy atom. The molecule has 0 spiro atoms. The molecule has 0 bridgehead atoms. The average Bonchev–Trinajstić information content (AvgIpc) is 3.23. The van der Waals surface area contributed by atoms with Crippen molar-refractivity contribution in [1.29, 1.82) is 0 Å². The highest BCUT2D eigenvalue weighted by Crippen LogP contribution is 2.14. The monoisotopic (exact) mass is 527 g/mol. The molecule has 0 aliphatic carbocycles. The second-order valence-corrected chi connectivity index (χ2v) is 7.09. The molecule has 3 aromatic heterocycles. The zero-order chi connectivity index (χ0) is 20.1. The number of imidazole rings is 1. The van der Waals surface area contributed by atoms with Crippen molar-refractivity contribution in [3.63, 3.8) is 0 Å². The van der Waals surface area contributed by atoms with Gasteiger partial charge in [0.05, 0.1) is 18.1 Å². The molecule has 0 unspecified atom stereocenters. The minimum Gasteiger partial charge on any atom is -0.357 e. The maximum absolute atomic E-state index is 6.09. The molecule has 0 radical (unpaired) electrons. The molecule has 9 heteroatoms. The largest absolute Gasteiger partial charge is 0.357 e. The molecular weight excluding hydrogens is 501 g/mol. The van der Waals surface area contributed by atoms with Crippen LogP contribution in [0.3, 0.4) is 0 Å². The Labute approximate surface area is 193 Å². The molecule has 1 N–H and O–H groups in total. The van der Waals surface area contributed by atoms with Gasteiger partial charge in [-0.3, -0.25) is 4.57 Å². The molecule has 0 saturated heterocycles. The second-order valence-electron chi connectivity index (χ2n) is 6.66. The zero-order valence-electron chi connectivity index (χ0n) is 17.1. The highest BCUT2D eigenvalue weighted by Gasteiger charge is 2.10. The number of hydrogen-bond acceptors (Lipinski definition) is 3. The molecule has 0 aliphatic rings. The van der Waals surface area contributed by atoms with Gasteiger partial charge >= 0.3 is 0 Å². The summed E-state index contributed by atoms with van der Waals surface area (Å²) in [5.41, 5.74) is 2.17. The van der Waals surface area contributed by atoms with Crippen LogP contribution in [0.25, 0.3) is 5.82 Å². The third kappa shape index (κ3) is 5.96. The highest BCUT2D eigenvalue weighted by molar-refractivity contribution is 14.0. The molecule has 0 aliphatic heterocycles. The number of guanidine groups is 1. The Morgan fingerprint density at radius 2 is 2.10 bits per heavy atom. The fourth-order valence-corrected chi connectivity index (χ4v) is 3.22. The average molecular weight is 528 g/mol. The molecule has 0 saturated carbocycles. The van der Waals surface area contributed by atoms with Crippen molar-refractivity contribution in [2.24, 2.45) is 12.0 Å². The molecular formula is C20H27ClIN7. The number of nitrogens with one attached hydrogen (secondary N) is 1. The van der Waals surface area contributed by atoms with Gasteiger partial charge in [0.1, 0.15) is 11.6 Å². The summed E-state index contributed by atoms with van der Waals surface area (Å²) in [7, 11) is 4.01. The number of pyridine rings is 1. The van der Waals surface area contributed by atoms with Gasteiger partial charge in [0.15, 0.2) is 5.96 Å². The van der Waals surface area contributed by atoms with E-state index < -0.39 is 0 Å². The summed E-state index contributed by atoms with van der Waals surface area (Å²) in [5, 5.41) is 4.08. The molecule has 3 heterocycles. The predicted octanol–water partition coefficient (Wildman–Crippen LogP) is 3.78. The van der Waals surface area contributed by atoms with Crippen LogP contribution < -0.4 is 5.32 Å². The Kier molecular flexibility index (Phi) is 8.51. The first kappa shape index (κ1) is 23.2. The van der Waals surface area contributed by atoms with Crippen molar-refractivity contribution in [2.45, 2.75) is 26.9 Å². The van der Waals surface area contributed by atoms with Crippen molar-refractivity contribution < 1.29 is 0 Å². The number of rotatable bonds is 6. The fraction of sp³-hybridized carbons (Fsp3) is 0.350. The van der Waals surface area contributed by atoms with Gasteiger partial charge in [-0.25, -0.2) is 15.0 Å². The predicted molar refractivity (Wildman–Crippen MR) is 128 cm³/mol. The molecule has 0 aromatic carbocycles. The van der Waals surface area contributed by atoms with E-state index in [4.69, 9.17) is 16.6 Å². The first-order valence-electron chi connectivity index (χ1n) is 9.23. The lowest BCUT2D eigenvalue weighted by atomic mass is 10.3. The SMILES string of the molecule is CCNC(=NCc1ccc(-n2ccnc2C)nc1)N(C)Cc1cc(Cl)cn1C.I. The quantitative estimate of drug-likeness (QED) is 0.301. The standard InChI is InChI=1S/C20H26ClN7.HI/c1-5-22-20(27(4)14-18-10-17(21)13-26(18)3)25-12-16-6-7-19(24-11-16)28-9-8-23-15(28)2;/h6-11,13H,5,12,14H2,1-4H3,(H,22,25);1H. The molecule has 3 rings (SSSR count). The molecule has 156 valence electrons. The second kappa shape index (κ2) is 10.6. The van der Waals surface area contributed by atoms with Crippen LogP contribution in [-0.2, 0) is 20.1 Å². The molecule has 3 aromatic rings. The third-order valence-corrected chi connectivity index (χ3v) is 4.67. The maximum Gasteiger partial charge on any atom is 0.194 e. The summed E-state index contributed by atoms with van der Waals surface area (Å²) in [4.78, 5) is 15.6. The number of aryl methyl sites for hydroxylation is 2. The van der Waals surface area contributed by atoms with Crippen LogP contribution in [-0.4, -0.2) is 43.6 Å². The fourth-order valence-electron chi connectivity index (χ4n) is 2.95. The van der Waals surface area contributed by atoms with Crippen molar-refractivity contribution in [3.8, 4) is 5.82 Å². The Morgan fingerprint density at radius 1 is 1.31 bits per heavy atom. The van der Waals surface area contributed by atoms with Gasteiger partial charge < -0.3 is 14.8 Å². The normalized spacial score (nSPS) is 11.3. The minimum atomic E-state index is 0. The van der Waals surface area contributed by atoms with Gasteiger partial charge in [-0.2, -0.15) is 0 Å². The van der Waals surface area contributed by atoms with Crippen LogP contribution in [0.2, 0.25) is 5.02 Å². The number of aromatic nitrogens is 4. The maximum atomic E-state index is 6.09. The highest BCUT2D eigenvalue weighted by atomic mass is 127.